The van der Waals surface area contributed by atoms with Gasteiger partial charge in [0.1, 0.15) is 10.7 Å². The maximum atomic E-state index is 12.5. The highest BCUT2D eigenvalue weighted by atomic mass is 35.5. The second-order valence-corrected chi connectivity index (χ2v) is 6.39. The third-order valence-electron chi connectivity index (χ3n) is 3.48. The number of thiazole rings is 1. The first-order chi connectivity index (χ1) is 10.1. The molecule has 1 amide bonds. The minimum absolute atomic E-state index is 0.00194. The lowest BCUT2D eigenvalue weighted by Crippen LogP contribution is -2.51. The monoisotopic (exact) mass is 321 g/mol. The van der Waals surface area contributed by atoms with E-state index in [9.17, 15) is 4.79 Å². The zero-order valence-electron chi connectivity index (χ0n) is 11.7. The summed E-state index contributed by atoms with van der Waals surface area (Å²) >= 11 is 7.63. The number of nitrogens with one attached hydrogen (secondary N) is 1. The lowest BCUT2D eigenvalue weighted by molar-refractivity contribution is 0.0704. The van der Waals surface area contributed by atoms with E-state index in [1.165, 1.54) is 11.3 Å². The molecule has 1 atom stereocenters. The van der Waals surface area contributed by atoms with Crippen LogP contribution in [0.15, 0.2) is 29.6 Å². The molecule has 3 rings (SSSR count). The third kappa shape index (κ3) is 3.10. The van der Waals surface area contributed by atoms with Gasteiger partial charge < -0.3 is 10.2 Å². The van der Waals surface area contributed by atoms with Crippen LogP contribution in [0.5, 0.6) is 0 Å². The van der Waals surface area contributed by atoms with Crippen LogP contribution in [0, 0.1) is 0 Å². The third-order valence-corrected chi connectivity index (χ3v) is 4.69. The number of aromatic nitrogens is 1. The summed E-state index contributed by atoms with van der Waals surface area (Å²) in [5.41, 5.74) is 1.38. The average Bonchev–Trinajstić information content (AvgIpc) is 2.96. The highest BCUT2D eigenvalue weighted by Gasteiger charge is 2.23. The van der Waals surface area contributed by atoms with Crippen molar-refractivity contribution in [2.24, 2.45) is 0 Å². The summed E-state index contributed by atoms with van der Waals surface area (Å²) in [5.74, 6) is -0.00194. The molecule has 2 aromatic rings. The Morgan fingerprint density at radius 3 is 3.05 bits per heavy atom. The van der Waals surface area contributed by atoms with E-state index in [0.29, 0.717) is 16.8 Å². The van der Waals surface area contributed by atoms with Crippen molar-refractivity contribution in [3.8, 4) is 10.6 Å². The highest BCUT2D eigenvalue weighted by molar-refractivity contribution is 7.13. The molecule has 1 N–H and O–H groups in total. The summed E-state index contributed by atoms with van der Waals surface area (Å²) in [5, 5.41) is 6.58. The molecule has 110 valence electrons. The van der Waals surface area contributed by atoms with Crippen LogP contribution < -0.4 is 5.32 Å². The van der Waals surface area contributed by atoms with Gasteiger partial charge in [-0.25, -0.2) is 4.98 Å². The van der Waals surface area contributed by atoms with Crippen LogP contribution in [0.25, 0.3) is 10.6 Å². The van der Waals surface area contributed by atoms with Gasteiger partial charge in [0.05, 0.1) is 5.02 Å². The Kier molecular flexibility index (Phi) is 4.24. The molecule has 1 aromatic carbocycles. The molecule has 0 spiro atoms. The van der Waals surface area contributed by atoms with Gasteiger partial charge in [-0.3, -0.25) is 4.79 Å². The number of hydrogen-bond donors (Lipinski definition) is 1. The fourth-order valence-corrected chi connectivity index (χ4v) is 3.52. The first kappa shape index (κ1) is 14.5. The molecule has 1 aliphatic heterocycles. The maximum Gasteiger partial charge on any atom is 0.273 e. The van der Waals surface area contributed by atoms with Crippen molar-refractivity contribution in [1.29, 1.82) is 0 Å². The van der Waals surface area contributed by atoms with E-state index in [1.807, 2.05) is 34.5 Å². The summed E-state index contributed by atoms with van der Waals surface area (Å²) < 4.78 is 0. The van der Waals surface area contributed by atoms with Crippen molar-refractivity contribution in [3.63, 3.8) is 0 Å². The van der Waals surface area contributed by atoms with E-state index in [4.69, 9.17) is 11.6 Å². The van der Waals surface area contributed by atoms with E-state index in [1.54, 1.807) is 0 Å². The normalized spacial score (nSPS) is 18.8. The standard InChI is InChI=1S/C15H16ClN3OS/c1-10-8-19(7-6-17-10)15(20)13-9-21-14(18-13)11-4-2-3-5-12(11)16/h2-5,9-10,17H,6-8H2,1H3. The van der Waals surface area contributed by atoms with Crippen LogP contribution >= 0.6 is 22.9 Å². The molecular weight excluding hydrogens is 306 g/mol. The van der Waals surface area contributed by atoms with Crippen molar-refractivity contribution in [2.45, 2.75) is 13.0 Å². The Balaban J connectivity index is 1.82. The van der Waals surface area contributed by atoms with Crippen molar-refractivity contribution in [1.82, 2.24) is 15.2 Å². The fourth-order valence-electron chi connectivity index (χ4n) is 2.41. The molecule has 6 heteroatoms. The van der Waals surface area contributed by atoms with Gasteiger partial charge in [-0.1, -0.05) is 29.8 Å². The number of rotatable bonds is 2. The Bertz CT molecular complexity index is 658. The number of hydrogen-bond acceptors (Lipinski definition) is 4. The van der Waals surface area contributed by atoms with Crippen LogP contribution in [0.1, 0.15) is 17.4 Å². The Morgan fingerprint density at radius 2 is 2.29 bits per heavy atom. The molecule has 1 aliphatic rings. The van der Waals surface area contributed by atoms with E-state index in [0.717, 1.165) is 30.2 Å². The second-order valence-electron chi connectivity index (χ2n) is 5.12. The average molecular weight is 322 g/mol. The van der Waals surface area contributed by atoms with Crippen LogP contribution in [-0.4, -0.2) is 41.5 Å². The number of piperazine rings is 1. The summed E-state index contributed by atoms with van der Waals surface area (Å²) in [6.45, 7) is 4.35. The van der Waals surface area contributed by atoms with Crippen LogP contribution in [0.3, 0.4) is 0 Å². The van der Waals surface area contributed by atoms with Gasteiger partial charge in [-0.2, -0.15) is 0 Å². The summed E-state index contributed by atoms with van der Waals surface area (Å²) in [7, 11) is 0. The van der Waals surface area contributed by atoms with E-state index < -0.39 is 0 Å². The Hall–Kier alpha value is -1.43. The zero-order chi connectivity index (χ0) is 14.8. The van der Waals surface area contributed by atoms with Crippen molar-refractivity contribution in [2.75, 3.05) is 19.6 Å². The summed E-state index contributed by atoms with van der Waals surface area (Å²) in [6.07, 6.45) is 0. The molecule has 1 saturated heterocycles. The molecule has 0 aliphatic carbocycles. The molecule has 21 heavy (non-hydrogen) atoms. The van der Waals surface area contributed by atoms with Crippen LogP contribution in [0.2, 0.25) is 5.02 Å². The number of nitrogens with zero attached hydrogens (tertiary/aromatic N) is 2. The molecule has 0 bridgehead atoms. The number of carbonyl (C=O) groups is 1. The first-order valence-corrected chi connectivity index (χ1v) is 8.14. The first-order valence-electron chi connectivity index (χ1n) is 6.88. The van der Waals surface area contributed by atoms with Gasteiger partial charge in [-0.15, -0.1) is 11.3 Å². The number of halogens is 1. The number of carbonyl (C=O) groups excluding carboxylic acids is 1. The molecular formula is C15H16ClN3OS. The predicted molar refractivity (Wildman–Crippen MR) is 85.9 cm³/mol. The number of benzene rings is 1. The maximum absolute atomic E-state index is 12.5. The van der Waals surface area contributed by atoms with E-state index in [-0.39, 0.29) is 5.91 Å². The van der Waals surface area contributed by atoms with Crippen LogP contribution in [0.4, 0.5) is 0 Å². The predicted octanol–water partition coefficient (Wildman–Crippen LogP) is 2.90. The number of amides is 1. The lowest BCUT2D eigenvalue weighted by atomic mass is 10.2. The largest absolute Gasteiger partial charge is 0.334 e. The van der Waals surface area contributed by atoms with Gasteiger partial charge in [0.25, 0.3) is 5.91 Å². The molecule has 0 saturated carbocycles. The minimum Gasteiger partial charge on any atom is -0.334 e. The fraction of sp³-hybridized carbons (Fsp3) is 0.333. The minimum atomic E-state index is -0.00194. The second kappa shape index (κ2) is 6.13. The molecule has 0 radical (unpaired) electrons. The van der Waals surface area contributed by atoms with E-state index in [2.05, 4.69) is 17.2 Å². The van der Waals surface area contributed by atoms with Crippen LogP contribution in [-0.2, 0) is 0 Å². The Morgan fingerprint density at radius 1 is 1.48 bits per heavy atom. The molecule has 4 nitrogen and oxygen atoms in total. The van der Waals surface area contributed by atoms with Crippen molar-refractivity contribution in [3.05, 3.63) is 40.4 Å². The lowest BCUT2D eigenvalue weighted by Gasteiger charge is -2.31. The Labute approximate surface area is 132 Å². The van der Waals surface area contributed by atoms with Crippen molar-refractivity contribution < 1.29 is 4.79 Å². The molecule has 2 heterocycles. The molecule has 1 unspecified atom stereocenters. The summed E-state index contributed by atoms with van der Waals surface area (Å²) in [6, 6.07) is 7.87. The SMILES string of the molecule is CC1CN(C(=O)c2csc(-c3ccccc3Cl)n2)CCN1. The van der Waals surface area contributed by atoms with Crippen molar-refractivity contribution >= 4 is 28.8 Å². The van der Waals surface area contributed by atoms with Gasteiger partial charge >= 0.3 is 0 Å². The topological polar surface area (TPSA) is 45.2 Å². The van der Waals surface area contributed by atoms with Gasteiger partial charge in [0.2, 0.25) is 0 Å². The smallest absolute Gasteiger partial charge is 0.273 e. The molecule has 1 fully saturated rings. The molecule has 1 aromatic heterocycles. The van der Waals surface area contributed by atoms with Gasteiger partial charge in [-0.05, 0) is 13.0 Å². The highest BCUT2D eigenvalue weighted by Crippen LogP contribution is 2.30. The van der Waals surface area contributed by atoms with E-state index >= 15 is 0 Å². The summed E-state index contributed by atoms with van der Waals surface area (Å²) in [4.78, 5) is 18.8. The van der Waals surface area contributed by atoms with Gasteiger partial charge in [0.15, 0.2) is 0 Å². The van der Waals surface area contributed by atoms with Gasteiger partial charge in [0, 0.05) is 36.6 Å². The quantitative estimate of drug-likeness (QED) is 0.925. The zero-order valence-corrected chi connectivity index (χ0v) is 13.2.